The lowest BCUT2D eigenvalue weighted by Crippen LogP contribution is -2.20. The van der Waals surface area contributed by atoms with Crippen molar-refractivity contribution in [3.05, 3.63) is 33.8 Å². The maximum atomic E-state index is 6.07. The van der Waals surface area contributed by atoms with Gasteiger partial charge in [-0.2, -0.15) is 0 Å². The molecule has 1 saturated carbocycles. The van der Waals surface area contributed by atoms with Gasteiger partial charge in [0.05, 0.1) is 0 Å². The number of hydrogen-bond acceptors (Lipinski definition) is 1. The summed E-state index contributed by atoms with van der Waals surface area (Å²) in [5.74, 6) is 0. The van der Waals surface area contributed by atoms with Crippen LogP contribution in [0.2, 0.25) is 10.0 Å². The third-order valence-corrected chi connectivity index (χ3v) is 3.66. The predicted octanol–water partition coefficient (Wildman–Crippen LogP) is 3.88. The molecular formula is C12H15Cl2N. The van der Waals surface area contributed by atoms with Gasteiger partial charge in [0.25, 0.3) is 0 Å². The Morgan fingerprint density at radius 1 is 1.40 bits per heavy atom. The zero-order chi connectivity index (χ0) is 11.1. The van der Waals surface area contributed by atoms with Crippen LogP contribution in [0.3, 0.4) is 0 Å². The molecule has 15 heavy (non-hydrogen) atoms. The first-order valence-corrected chi connectivity index (χ1v) is 5.92. The van der Waals surface area contributed by atoms with E-state index in [0.717, 1.165) is 22.2 Å². The Labute approximate surface area is 101 Å². The van der Waals surface area contributed by atoms with Gasteiger partial charge in [-0.05, 0) is 35.6 Å². The Hall–Kier alpha value is -0.240. The van der Waals surface area contributed by atoms with Gasteiger partial charge in [0.15, 0.2) is 0 Å². The van der Waals surface area contributed by atoms with E-state index in [-0.39, 0.29) is 0 Å². The number of hydrogen-bond donors (Lipinski definition) is 1. The standard InChI is InChI=1S/C12H15Cl2N/c1-12(2)6-11(12)15-7-8-5-9(13)3-4-10(8)14/h3-5,11,15H,6-7H2,1-2H3. The molecule has 1 aliphatic rings. The van der Waals surface area contributed by atoms with Crippen LogP contribution in [0, 0.1) is 5.41 Å². The first kappa shape index (κ1) is 11.3. The molecule has 1 N–H and O–H groups in total. The molecule has 0 aliphatic heterocycles. The molecule has 0 saturated heterocycles. The van der Waals surface area contributed by atoms with E-state index in [0.29, 0.717) is 11.5 Å². The minimum absolute atomic E-state index is 0.449. The van der Waals surface area contributed by atoms with E-state index in [4.69, 9.17) is 23.2 Å². The molecule has 2 rings (SSSR count). The summed E-state index contributed by atoms with van der Waals surface area (Å²) in [7, 11) is 0. The molecule has 82 valence electrons. The SMILES string of the molecule is CC1(C)CC1NCc1cc(Cl)ccc1Cl. The summed E-state index contributed by atoms with van der Waals surface area (Å²) >= 11 is 12.0. The summed E-state index contributed by atoms with van der Waals surface area (Å²) in [4.78, 5) is 0. The summed E-state index contributed by atoms with van der Waals surface area (Å²) < 4.78 is 0. The van der Waals surface area contributed by atoms with Crippen LogP contribution in [0.5, 0.6) is 0 Å². The number of nitrogens with one attached hydrogen (secondary N) is 1. The van der Waals surface area contributed by atoms with Gasteiger partial charge in [0, 0.05) is 22.6 Å². The van der Waals surface area contributed by atoms with E-state index in [1.165, 1.54) is 6.42 Å². The minimum atomic E-state index is 0.449. The normalized spacial score (nSPS) is 22.8. The zero-order valence-electron chi connectivity index (χ0n) is 8.98. The topological polar surface area (TPSA) is 12.0 Å². The van der Waals surface area contributed by atoms with Crippen molar-refractivity contribution in [2.24, 2.45) is 5.41 Å². The smallest absolute Gasteiger partial charge is 0.0451 e. The lowest BCUT2D eigenvalue weighted by atomic mass is 10.2. The van der Waals surface area contributed by atoms with Crippen molar-refractivity contribution in [2.75, 3.05) is 0 Å². The van der Waals surface area contributed by atoms with Crippen molar-refractivity contribution in [3.8, 4) is 0 Å². The Bertz CT molecular complexity index is 374. The van der Waals surface area contributed by atoms with Crippen LogP contribution in [0.25, 0.3) is 0 Å². The van der Waals surface area contributed by atoms with Crippen molar-refractivity contribution >= 4 is 23.2 Å². The highest BCUT2D eigenvalue weighted by Crippen LogP contribution is 2.44. The Kier molecular flexibility index (Phi) is 2.98. The van der Waals surface area contributed by atoms with Crippen LogP contribution in [0.1, 0.15) is 25.8 Å². The predicted molar refractivity (Wildman–Crippen MR) is 65.5 cm³/mol. The van der Waals surface area contributed by atoms with Gasteiger partial charge in [-0.3, -0.25) is 0 Å². The molecule has 1 aliphatic carbocycles. The largest absolute Gasteiger partial charge is 0.309 e. The molecule has 0 radical (unpaired) electrons. The van der Waals surface area contributed by atoms with E-state index in [9.17, 15) is 0 Å². The van der Waals surface area contributed by atoms with E-state index in [1.807, 2.05) is 18.2 Å². The monoisotopic (exact) mass is 243 g/mol. The van der Waals surface area contributed by atoms with Gasteiger partial charge in [-0.15, -0.1) is 0 Å². The van der Waals surface area contributed by atoms with Crippen molar-refractivity contribution in [1.82, 2.24) is 5.32 Å². The first-order valence-electron chi connectivity index (χ1n) is 5.16. The maximum absolute atomic E-state index is 6.07. The van der Waals surface area contributed by atoms with E-state index in [2.05, 4.69) is 19.2 Å². The molecule has 1 atom stereocenters. The van der Waals surface area contributed by atoms with Crippen molar-refractivity contribution in [3.63, 3.8) is 0 Å². The lowest BCUT2D eigenvalue weighted by molar-refractivity contribution is 0.542. The summed E-state index contributed by atoms with van der Waals surface area (Å²) in [6.07, 6.45) is 1.24. The van der Waals surface area contributed by atoms with Crippen LogP contribution in [0.15, 0.2) is 18.2 Å². The highest BCUT2D eigenvalue weighted by molar-refractivity contribution is 6.33. The number of halogens is 2. The molecule has 1 unspecified atom stereocenters. The first-order chi connectivity index (χ1) is 6.99. The molecule has 1 fully saturated rings. The quantitative estimate of drug-likeness (QED) is 0.850. The second kappa shape index (κ2) is 3.97. The third-order valence-electron chi connectivity index (χ3n) is 3.06. The van der Waals surface area contributed by atoms with E-state index in [1.54, 1.807) is 0 Å². The van der Waals surface area contributed by atoms with Crippen LogP contribution >= 0.6 is 23.2 Å². The fourth-order valence-electron chi connectivity index (χ4n) is 1.73. The average Bonchev–Trinajstić information content (AvgIpc) is 2.76. The molecule has 1 nitrogen and oxygen atoms in total. The van der Waals surface area contributed by atoms with Gasteiger partial charge < -0.3 is 5.32 Å². The van der Waals surface area contributed by atoms with E-state index < -0.39 is 0 Å². The molecule has 0 bridgehead atoms. The van der Waals surface area contributed by atoms with Crippen LogP contribution in [0.4, 0.5) is 0 Å². The Morgan fingerprint density at radius 3 is 2.67 bits per heavy atom. The van der Waals surface area contributed by atoms with Gasteiger partial charge in [0.1, 0.15) is 0 Å². The fraction of sp³-hybridized carbons (Fsp3) is 0.500. The Balaban J connectivity index is 1.96. The number of rotatable bonds is 3. The summed E-state index contributed by atoms with van der Waals surface area (Å²) in [5, 5.41) is 5.01. The summed E-state index contributed by atoms with van der Waals surface area (Å²) in [6.45, 7) is 5.34. The van der Waals surface area contributed by atoms with Crippen LogP contribution < -0.4 is 5.32 Å². The maximum Gasteiger partial charge on any atom is 0.0451 e. The summed E-state index contributed by atoms with van der Waals surface area (Å²) in [6, 6.07) is 6.20. The minimum Gasteiger partial charge on any atom is -0.309 e. The second-order valence-corrected chi connectivity index (χ2v) is 5.71. The fourth-order valence-corrected chi connectivity index (χ4v) is 2.11. The molecule has 1 aromatic rings. The molecule has 0 amide bonds. The van der Waals surface area contributed by atoms with Crippen molar-refractivity contribution < 1.29 is 0 Å². The highest BCUT2D eigenvalue weighted by Gasteiger charge is 2.44. The number of benzene rings is 1. The lowest BCUT2D eigenvalue weighted by Gasteiger charge is -2.08. The van der Waals surface area contributed by atoms with E-state index >= 15 is 0 Å². The van der Waals surface area contributed by atoms with Crippen LogP contribution in [-0.2, 0) is 6.54 Å². The van der Waals surface area contributed by atoms with Crippen molar-refractivity contribution in [1.29, 1.82) is 0 Å². The van der Waals surface area contributed by atoms with Crippen molar-refractivity contribution in [2.45, 2.75) is 32.9 Å². The molecule has 0 heterocycles. The highest BCUT2D eigenvalue weighted by atomic mass is 35.5. The van der Waals surface area contributed by atoms with Crippen LogP contribution in [-0.4, -0.2) is 6.04 Å². The van der Waals surface area contributed by atoms with Gasteiger partial charge in [0.2, 0.25) is 0 Å². The molecule has 0 aromatic heterocycles. The molecular weight excluding hydrogens is 229 g/mol. The van der Waals surface area contributed by atoms with Gasteiger partial charge in [-0.1, -0.05) is 37.0 Å². The van der Waals surface area contributed by atoms with Gasteiger partial charge >= 0.3 is 0 Å². The molecule has 0 spiro atoms. The summed E-state index contributed by atoms with van der Waals surface area (Å²) in [5.41, 5.74) is 1.53. The zero-order valence-corrected chi connectivity index (χ0v) is 10.5. The molecule has 3 heteroatoms. The third kappa shape index (κ3) is 2.66. The average molecular weight is 244 g/mol. The Morgan fingerprint density at radius 2 is 2.07 bits per heavy atom. The van der Waals surface area contributed by atoms with Gasteiger partial charge in [-0.25, -0.2) is 0 Å². The molecule has 1 aromatic carbocycles. The second-order valence-electron chi connectivity index (χ2n) is 4.86.